The average Bonchev–Trinajstić information content (AvgIpc) is 3.10. The minimum Gasteiger partial charge on any atom is -0.420 e. The van der Waals surface area contributed by atoms with Gasteiger partial charge in [-0.1, -0.05) is 36.2 Å². The van der Waals surface area contributed by atoms with E-state index in [0.29, 0.717) is 26.6 Å². The molecule has 0 bridgehead atoms. The first-order valence-corrected chi connectivity index (χ1v) is 8.23. The summed E-state index contributed by atoms with van der Waals surface area (Å²) in [5, 5.41) is 9.00. The molecule has 1 N–H and O–H groups in total. The second-order valence-corrected chi connectivity index (χ2v) is 6.27. The summed E-state index contributed by atoms with van der Waals surface area (Å²) in [7, 11) is 0. The maximum atomic E-state index is 6.16. The minimum atomic E-state index is -0.0225. The van der Waals surface area contributed by atoms with Crippen LogP contribution in [0.1, 0.15) is 30.8 Å². The Labute approximate surface area is 148 Å². The third-order valence-corrected chi connectivity index (χ3v) is 4.64. The number of aromatic nitrogens is 4. The van der Waals surface area contributed by atoms with Gasteiger partial charge in [-0.3, -0.25) is 0 Å². The van der Waals surface area contributed by atoms with Crippen molar-refractivity contribution in [3.8, 4) is 11.6 Å². The molecular weight excluding hydrogens is 355 g/mol. The molecule has 0 spiro atoms. The maximum absolute atomic E-state index is 6.16. The predicted molar refractivity (Wildman–Crippen MR) is 92.5 cm³/mol. The van der Waals surface area contributed by atoms with E-state index in [1.165, 1.54) is 0 Å². The molecule has 3 rings (SSSR count). The highest BCUT2D eigenvalue weighted by Crippen LogP contribution is 2.32. The van der Waals surface area contributed by atoms with Crippen molar-refractivity contribution >= 4 is 35.4 Å². The number of hydrogen-bond acceptors (Lipinski definition) is 4. The van der Waals surface area contributed by atoms with E-state index in [9.17, 15) is 0 Å². The lowest BCUT2D eigenvalue weighted by molar-refractivity contribution is 0.512. The zero-order valence-electron chi connectivity index (χ0n) is 12.5. The van der Waals surface area contributed by atoms with E-state index in [-0.39, 0.29) is 6.04 Å². The first-order chi connectivity index (χ1) is 11.0. The van der Waals surface area contributed by atoms with E-state index in [1.54, 1.807) is 19.2 Å². The summed E-state index contributed by atoms with van der Waals surface area (Å²) >= 11 is 17.6. The molecular formula is C15H14Cl2N4OS. The van der Waals surface area contributed by atoms with Gasteiger partial charge in [-0.05, 0) is 36.3 Å². The van der Waals surface area contributed by atoms with E-state index >= 15 is 0 Å². The van der Waals surface area contributed by atoms with Crippen molar-refractivity contribution in [1.29, 1.82) is 0 Å². The Morgan fingerprint density at radius 2 is 2.09 bits per heavy atom. The minimum absolute atomic E-state index is 0.0225. The Morgan fingerprint density at radius 1 is 1.30 bits per heavy atom. The highest BCUT2D eigenvalue weighted by molar-refractivity contribution is 7.71. The zero-order chi connectivity index (χ0) is 16.6. The van der Waals surface area contributed by atoms with Gasteiger partial charge in [0.1, 0.15) is 5.69 Å². The Hall–Kier alpha value is -1.63. The quantitative estimate of drug-likeness (QED) is 0.642. The van der Waals surface area contributed by atoms with E-state index < -0.39 is 0 Å². The fourth-order valence-electron chi connectivity index (χ4n) is 2.54. The molecule has 0 saturated heterocycles. The topological polar surface area (TPSA) is 59.6 Å². The number of aromatic amines is 1. The maximum Gasteiger partial charge on any atom is 0.265 e. The number of hydrogen-bond donors (Lipinski definition) is 1. The molecule has 5 nitrogen and oxygen atoms in total. The lowest BCUT2D eigenvalue weighted by Crippen LogP contribution is -2.11. The van der Waals surface area contributed by atoms with Gasteiger partial charge in [-0.2, -0.15) is 0 Å². The second kappa shape index (κ2) is 6.47. The molecule has 2 heterocycles. The van der Waals surface area contributed by atoms with Crippen LogP contribution in [0.3, 0.4) is 0 Å². The lowest BCUT2D eigenvalue weighted by atomic mass is 10.0. The lowest BCUT2D eigenvalue weighted by Gasteiger charge is -2.19. The first-order valence-electron chi connectivity index (χ1n) is 7.06. The zero-order valence-corrected chi connectivity index (χ0v) is 14.8. The van der Waals surface area contributed by atoms with Crippen LogP contribution in [-0.2, 0) is 0 Å². The van der Waals surface area contributed by atoms with E-state index in [1.807, 2.05) is 16.7 Å². The summed E-state index contributed by atoms with van der Waals surface area (Å²) in [6.07, 6.45) is 2.58. The van der Waals surface area contributed by atoms with Crippen LogP contribution >= 0.6 is 35.4 Å². The normalized spacial score (nSPS) is 12.5. The summed E-state index contributed by atoms with van der Waals surface area (Å²) < 4.78 is 8.08. The number of benzene rings is 1. The fourth-order valence-corrected chi connectivity index (χ4v) is 3.13. The van der Waals surface area contributed by atoms with Gasteiger partial charge >= 0.3 is 0 Å². The van der Waals surface area contributed by atoms with Crippen LogP contribution in [0.15, 0.2) is 28.8 Å². The van der Waals surface area contributed by atoms with Crippen molar-refractivity contribution in [2.24, 2.45) is 0 Å². The van der Waals surface area contributed by atoms with Gasteiger partial charge in [0, 0.05) is 13.1 Å². The van der Waals surface area contributed by atoms with Crippen LogP contribution in [-0.4, -0.2) is 19.7 Å². The van der Waals surface area contributed by atoms with Crippen molar-refractivity contribution in [1.82, 2.24) is 19.7 Å². The Kier molecular flexibility index (Phi) is 4.57. The highest BCUT2D eigenvalue weighted by atomic mass is 35.5. The number of nitrogens with zero attached hydrogens (tertiary/aromatic N) is 3. The van der Waals surface area contributed by atoms with Crippen LogP contribution in [0.2, 0.25) is 10.0 Å². The molecule has 8 heteroatoms. The Morgan fingerprint density at radius 3 is 2.70 bits per heavy atom. The molecule has 0 fully saturated rings. The summed E-state index contributed by atoms with van der Waals surface area (Å²) in [4.78, 5) is 3.05. The van der Waals surface area contributed by atoms with Crippen LogP contribution in [0.4, 0.5) is 0 Å². The van der Waals surface area contributed by atoms with E-state index in [2.05, 4.69) is 22.1 Å². The highest BCUT2D eigenvalue weighted by Gasteiger charge is 2.21. The van der Waals surface area contributed by atoms with Crippen molar-refractivity contribution in [2.45, 2.75) is 26.3 Å². The van der Waals surface area contributed by atoms with Gasteiger partial charge in [0.2, 0.25) is 5.89 Å². The number of imidazole rings is 1. The number of aryl methyl sites for hydroxylation is 1. The molecule has 3 aromatic rings. The number of rotatable bonds is 4. The van der Waals surface area contributed by atoms with Gasteiger partial charge in [0.05, 0.1) is 16.1 Å². The van der Waals surface area contributed by atoms with Gasteiger partial charge in [-0.15, -0.1) is 10.2 Å². The summed E-state index contributed by atoms with van der Waals surface area (Å²) in [6, 6.07) is 5.57. The van der Waals surface area contributed by atoms with Crippen molar-refractivity contribution < 1.29 is 4.42 Å². The molecule has 120 valence electrons. The summed E-state index contributed by atoms with van der Waals surface area (Å²) in [6.45, 7) is 3.82. The predicted octanol–water partition coefficient (Wildman–Crippen LogP) is 5.21. The molecule has 1 atom stereocenters. The second-order valence-electron chi connectivity index (χ2n) is 5.07. The number of halogens is 2. The molecule has 1 unspecified atom stereocenters. The molecule has 0 aliphatic carbocycles. The molecule has 1 aromatic carbocycles. The third-order valence-electron chi connectivity index (χ3n) is 3.58. The third kappa shape index (κ3) is 3.06. The largest absolute Gasteiger partial charge is 0.420 e. The molecule has 0 aliphatic rings. The first kappa shape index (κ1) is 16.2. The molecule has 2 aromatic heterocycles. The van der Waals surface area contributed by atoms with E-state index in [0.717, 1.165) is 17.7 Å². The van der Waals surface area contributed by atoms with Gasteiger partial charge in [0.15, 0.2) is 4.77 Å². The van der Waals surface area contributed by atoms with Crippen LogP contribution < -0.4 is 0 Å². The summed E-state index contributed by atoms with van der Waals surface area (Å²) in [5.41, 5.74) is 1.75. The Bertz CT molecular complexity index is 899. The standard InChI is InChI=1S/C15H14Cl2N4OS/c1-3-12(9-4-5-10(16)11(17)6-9)21-13(7-18-15(21)23)14-20-19-8(2)22-14/h4-7,12H,3H2,1-2H3,(H,18,23). The molecule has 0 amide bonds. The number of nitrogens with one attached hydrogen (secondary N) is 1. The van der Waals surface area contributed by atoms with Gasteiger partial charge < -0.3 is 14.0 Å². The molecule has 0 aliphatic heterocycles. The van der Waals surface area contributed by atoms with Crippen LogP contribution in [0.5, 0.6) is 0 Å². The van der Waals surface area contributed by atoms with Crippen LogP contribution in [0, 0.1) is 11.7 Å². The van der Waals surface area contributed by atoms with Crippen molar-refractivity contribution in [3.05, 3.63) is 50.7 Å². The van der Waals surface area contributed by atoms with E-state index in [4.69, 9.17) is 39.8 Å². The SMILES string of the molecule is CCC(c1ccc(Cl)c(Cl)c1)n1c(-c2nnc(C)o2)c[nH]c1=S. The Balaban J connectivity index is 2.13. The van der Waals surface area contributed by atoms with Gasteiger partial charge in [-0.25, -0.2) is 0 Å². The smallest absolute Gasteiger partial charge is 0.265 e. The van der Waals surface area contributed by atoms with Crippen LogP contribution in [0.25, 0.3) is 11.6 Å². The van der Waals surface area contributed by atoms with Gasteiger partial charge in [0.25, 0.3) is 5.89 Å². The van der Waals surface area contributed by atoms with Crippen molar-refractivity contribution in [2.75, 3.05) is 0 Å². The monoisotopic (exact) mass is 368 g/mol. The molecule has 23 heavy (non-hydrogen) atoms. The van der Waals surface area contributed by atoms with Crippen molar-refractivity contribution in [3.63, 3.8) is 0 Å². The average molecular weight is 369 g/mol. The fraction of sp³-hybridized carbons (Fsp3) is 0.267. The molecule has 0 radical (unpaired) electrons. The molecule has 0 saturated carbocycles. The summed E-state index contributed by atoms with van der Waals surface area (Å²) in [5.74, 6) is 0.926. The number of H-pyrrole nitrogens is 1.